The van der Waals surface area contributed by atoms with Crippen LogP contribution in [0.3, 0.4) is 0 Å². The molecule has 2 N–H and O–H groups in total. The van der Waals surface area contributed by atoms with E-state index in [0.29, 0.717) is 17.1 Å². The molecule has 1 unspecified atom stereocenters. The average molecular weight is 317 g/mol. The first kappa shape index (κ1) is 18.2. The number of aliphatic hydroxyl groups is 1. The first-order valence-corrected chi connectivity index (χ1v) is 9.03. The van der Waals surface area contributed by atoms with Gasteiger partial charge in [0.15, 0.2) is 0 Å². The van der Waals surface area contributed by atoms with Crippen LogP contribution in [0.2, 0.25) is 0 Å². The van der Waals surface area contributed by atoms with E-state index in [4.69, 9.17) is 4.42 Å². The van der Waals surface area contributed by atoms with Crippen LogP contribution >= 0.6 is 0 Å². The highest BCUT2D eigenvalue weighted by Gasteiger charge is 2.27. The number of sulfonamides is 1. The van der Waals surface area contributed by atoms with Crippen molar-refractivity contribution in [3.8, 4) is 0 Å². The quantitative estimate of drug-likeness (QED) is 0.686. The summed E-state index contributed by atoms with van der Waals surface area (Å²) in [5.41, 5.74) is 0.346. The van der Waals surface area contributed by atoms with Gasteiger partial charge in [0.05, 0.1) is 6.61 Å². The Morgan fingerprint density at radius 3 is 2.43 bits per heavy atom. The lowest BCUT2D eigenvalue weighted by Gasteiger charge is -2.14. The predicted molar refractivity (Wildman–Crippen MR) is 82.6 cm³/mol. The summed E-state index contributed by atoms with van der Waals surface area (Å²) in [5.74, 6) is 0.771. The number of rotatable bonds is 9. The zero-order valence-corrected chi connectivity index (χ0v) is 14.2. The van der Waals surface area contributed by atoms with E-state index in [0.717, 1.165) is 25.7 Å². The number of unbranched alkanes of at least 4 members (excludes halogenated alkanes) is 3. The normalized spacial score (nSPS) is 13.6. The van der Waals surface area contributed by atoms with Crippen LogP contribution in [0, 0.1) is 13.8 Å². The fourth-order valence-electron chi connectivity index (χ4n) is 2.50. The highest BCUT2D eigenvalue weighted by Crippen LogP contribution is 2.26. The van der Waals surface area contributed by atoms with Crippen LogP contribution in [0.15, 0.2) is 9.31 Å². The molecule has 21 heavy (non-hydrogen) atoms. The van der Waals surface area contributed by atoms with Crippen LogP contribution in [-0.2, 0) is 16.6 Å². The van der Waals surface area contributed by atoms with Crippen molar-refractivity contribution in [3.05, 3.63) is 17.1 Å². The van der Waals surface area contributed by atoms with Crippen molar-refractivity contribution in [2.75, 3.05) is 0 Å². The van der Waals surface area contributed by atoms with Crippen molar-refractivity contribution in [2.45, 2.75) is 77.3 Å². The average Bonchev–Trinajstić information content (AvgIpc) is 2.69. The summed E-state index contributed by atoms with van der Waals surface area (Å²) < 4.78 is 32.9. The van der Waals surface area contributed by atoms with Crippen LogP contribution in [0.1, 0.15) is 63.0 Å². The molecule has 122 valence electrons. The summed E-state index contributed by atoms with van der Waals surface area (Å²) in [6.45, 7) is 6.93. The lowest BCUT2D eigenvalue weighted by Crippen LogP contribution is -2.33. The number of aryl methyl sites for hydroxylation is 2. The molecule has 0 bridgehead atoms. The third kappa shape index (κ3) is 4.83. The maximum absolute atomic E-state index is 12.5. The van der Waals surface area contributed by atoms with Gasteiger partial charge >= 0.3 is 0 Å². The number of nitrogens with one attached hydrogen (secondary N) is 1. The Labute approximate surface area is 127 Å². The van der Waals surface area contributed by atoms with Crippen LogP contribution in [0.25, 0.3) is 0 Å². The van der Waals surface area contributed by atoms with Gasteiger partial charge in [-0.1, -0.05) is 32.6 Å². The summed E-state index contributed by atoms with van der Waals surface area (Å²) in [6, 6.07) is -0.131. The number of hydrogen-bond acceptors (Lipinski definition) is 4. The maximum atomic E-state index is 12.5. The molecule has 6 heteroatoms. The van der Waals surface area contributed by atoms with E-state index in [1.54, 1.807) is 13.8 Å². The van der Waals surface area contributed by atoms with Gasteiger partial charge in [0, 0.05) is 11.6 Å². The molecule has 1 heterocycles. The molecule has 0 aromatic carbocycles. The molecule has 0 fully saturated rings. The Balaban J connectivity index is 2.78. The molecule has 0 aliphatic carbocycles. The summed E-state index contributed by atoms with van der Waals surface area (Å²) in [4.78, 5) is 0.0860. The largest absolute Gasteiger partial charge is 0.465 e. The van der Waals surface area contributed by atoms with Gasteiger partial charge in [0.25, 0.3) is 0 Å². The molecule has 1 aromatic heterocycles. The van der Waals surface area contributed by atoms with Crippen LogP contribution in [-0.4, -0.2) is 19.6 Å². The fourth-order valence-corrected chi connectivity index (χ4v) is 4.22. The first-order chi connectivity index (χ1) is 9.83. The predicted octanol–water partition coefficient (Wildman–Crippen LogP) is 3.03. The number of aliphatic hydroxyl groups excluding tert-OH is 1. The van der Waals surface area contributed by atoms with E-state index in [2.05, 4.69) is 11.6 Å². The number of furan rings is 1. The summed E-state index contributed by atoms with van der Waals surface area (Å²) in [7, 11) is -3.66. The molecule has 0 saturated carbocycles. The summed E-state index contributed by atoms with van der Waals surface area (Å²) in [5, 5.41) is 9.36. The van der Waals surface area contributed by atoms with Gasteiger partial charge in [-0.25, -0.2) is 13.1 Å². The smallest absolute Gasteiger partial charge is 0.244 e. The van der Waals surface area contributed by atoms with Crippen LogP contribution < -0.4 is 4.72 Å². The standard InChI is InChI=1S/C15H27NO4S/c1-5-6-7-8-9-11(2)16-21(18,19)15-13(4)20-12(3)14(15)10-17/h11,16-17H,5-10H2,1-4H3. The van der Waals surface area contributed by atoms with Crippen molar-refractivity contribution < 1.29 is 17.9 Å². The molecular formula is C15H27NO4S. The van der Waals surface area contributed by atoms with Crippen molar-refractivity contribution in [1.82, 2.24) is 4.72 Å². The maximum Gasteiger partial charge on any atom is 0.244 e. The highest BCUT2D eigenvalue weighted by atomic mass is 32.2. The van der Waals surface area contributed by atoms with Gasteiger partial charge in [0.2, 0.25) is 10.0 Å². The molecule has 0 aliphatic heterocycles. The molecular weight excluding hydrogens is 290 g/mol. The summed E-state index contributed by atoms with van der Waals surface area (Å²) >= 11 is 0. The van der Waals surface area contributed by atoms with Gasteiger partial charge in [-0.05, 0) is 27.2 Å². The van der Waals surface area contributed by atoms with Gasteiger partial charge in [-0.15, -0.1) is 0 Å². The Kier molecular flexibility index (Phi) is 6.90. The lowest BCUT2D eigenvalue weighted by atomic mass is 10.1. The molecule has 0 radical (unpaired) electrons. The number of hydrogen-bond donors (Lipinski definition) is 2. The van der Waals surface area contributed by atoms with Crippen molar-refractivity contribution in [2.24, 2.45) is 0 Å². The zero-order valence-electron chi connectivity index (χ0n) is 13.4. The molecule has 5 nitrogen and oxygen atoms in total. The lowest BCUT2D eigenvalue weighted by molar-refractivity contribution is 0.276. The third-order valence-electron chi connectivity index (χ3n) is 3.60. The van der Waals surface area contributed by atoms with E-state index in [-0.39, 0.29) is 17.5 Å². The topological polar surface area (TPSA) is 79.5 Å². The van der Waals surface area contributed by atoms with Gasteiger partial charge in [-0.2, -0.15) is 0 Å². The second-order valence-corrected chi connectivity index (χ2v) is 7.20. The highest BCUT2D eigenvalue weighted by molar-refractivity contribution is 7.89. The van der Waals surface area contributed by atoms with Crippen molar-refractivity contribution in [3.63, 3.8) is 0 Å². The minimum atomic E-state index is -3.66. The molecule has 0 aliphatic rings. The molecule has 1 rings (SSSR count). The minimum absolute atomic E-state index is 0.0860. The Hall–Kier alpha value is -0.850. The summed E-state index contributed by atoms with van der Waals surface area (Å²) in [6.07, 6.45) is 5.27. The molecule has 0 amide bonds. The first-order valence-electron chi connectivity index (χ1n) is 7.55. The Bertz CT molecular complexity index is 548. The second-order valence-electron chi connectivity index (χ2n) is 5.55. The molecule has 0 spiro atoms. The van der Waals surface area contributed by atoms with E-state index in [1.807, 2.05) is 6.92 Å². The van der Waals surface area contributed by atoms with E-state index >= 15 is 0 Å². The van der Waals surface area contributed by atoms with Crippen LogP contribution in [0.4, 0.5) is 0 Å². The molecule has 0 saturated heterocycles. The molecule has 1 aromatic rings. The molecule has 1 atom stereocenters. The van der Waals surface area contributed by atoms with Crippen molar-refractivity contribution >= 4 is 10.0 Å². The Morgan fingerprint density at radius 2 is 1.86 bits per heavy atom. The zero-order chi connectivity index (χ0) is 16.0. The minimum Gasteiger partial charge on any atom is -0.465 e. The van der Waals surface area contributed by atoms with Gasteiger partial charge in [0.1, 0.15) is 16.4 Å². The van der Waals surface area contributed by atoms with E-state index < -0.39 is 10.0 Å². The Morgan fingerprint density at radius 1 is 1.19 bits per heavy atom. The van der Waals surface area contributed by atoms with Crippen molar-refractivity contribution in [1.29, 1.82) is 0 Å². The monoisotopic (exact) mass is 317 g/mol. The van der Waals surface area contributed by atoms with Gasteiger partial charge < -0.3 is 9.52 Å². The fraction of sp³-hybridized carbons (Fsp3) is 0.733. The third-order valence-corrected chi connectivity index (χ3v) is 5.38. The second kappa shape index (κ2) is 7.96. The van der Waals surface area contributed by atoms with E-state index in [9.17, 15) is 13.5 Å². The van der Waals surface area contributed by atoms with Crippen LogP contribution in [0.5, 0.6) is 0 Å². The van der Waals surface area contributed by atoms with E-state index in [1.165, 1.54) is 6.42 Å². The SMILES string of the molecule is CCCCCCC(C)NS(=O)(=O)c1c(C)oc(C)c1CO. The van der Waals surface area contributed by atoms with Gasteiger partial charge in [-0.3, -0.25) is 0 Å².